The minimum atomic E-state index is -0.0777. The predicted molar refractivity (Wildman–Crippen MR) is 168 cm³/mol. The van der Waals surface area contributed by atoms with Crippen molar-refractivity contribution in [3.8, 4) is 5.75 Å². The summed E-state index contributed by atoms with van der Waals surface area (Å²) in [5, 5.41) is 3.29. The lowest BCUT2D eigenvalue weighted by molar-refractivity contribution is -0.132. The molecule has 1 saturated carbocycles. The lowest BCUT2D eigenvalue weighted by Gasteiger charge is -2.38. The first kappa shape index (κ1) is 30.1. The fourth-order valence-corrected chi connectivity index (χ4v) is 6.10. The molecule has 224 valence electrons. The quantitative estimate of drug-likeness (QED) is 0.329. The molecule has 1 aliphatic heterocycles. The van der Waals surface area contributed by atoms with E-state index in [1.807, 2.05) is 88.7 Å². The van der Waals surface area contributed by atoms with Crippen LogP contribution in [0.5, 0.6) is 5.75 Å². The summed E-state index contributed by atoms with van der Waals surface area (Å²) in [6.45, 7) is 1.72. The minimum absolute atomic E-state index is 0.00900. The van der Waals surface area contributed by atoms with Gasteiger partial charge in [-0.2, -0.15) is 0 Å². The van der Waals surface area contributed by atoms with Gasteiger partial charge >= 0.3 is 0 Å². The van der Waals surface area contributed by atoms with Crippen LogP contribution >= 0.6 is 0 Å². The third kappa shape index (κ3) is 8.13. The molecule has 0 bridgehead atoms. The molecule has 3 amide bonds. The van der Waals surface area contributed by atoms with Crippen LogP contribution in [0.2, 0.25) is 0 Å². The zero-order chi connectivity index (χ0) is 30.0. The van der Waals surface area contributed by atoms with E-state index >= 15 is 0 Å². The number of piperidine rings is 1. The number of nitrogens with zero attached hydrogens (tertiary/aromatic N) is 2. The third-order valence-corrected chi connectivity index (χ3v) is 8.67. The van der Waals surface area contributed by atoms with Crippen LogP contribution in [0, 0.1) is 5.92 Å². The SMILES string of the molecule is COc1ccc(C(=O)N(Cc2ccccc2)C2CCC(NC(=O)C3CCN(C(=O)/C=C/c4ccccc4)CC3)CC2)cc1. The van der Waals surface area contributed by atoms with Gasteiger partial charge < -0.3 is 19.9 Å². The van der Waals surface area contributed by atoms with Gasteiger partial charge in [0.05, 0.1) is 7.11 Å². The van der Waals surface area contributed by atoms with Gasteiger partial charge in [-0.05, 0) is 80.0 Å². The van der Waals surface area contributed by atoms with Gasteiger partial charge in [-0.3, -0.25) is 14.4 Å². The van der Waals surface area contributed by atoms with Crippen LogP contribution in [0.25, 0.3) is 6.08 Å². The first-order valence-corrected chi connectivity index (χ1v) is 15.3. The molecule has 1 N–H and O–H groups in total. The standard InChI is InChI=1S/C36H41N3O4/c1-43-33-19-13-30(14-20-33)36(42)39(26-28-10-6-3-7-11-28)32-17-15-31(16-18-32)37-35(41)29-22-24-38(25-23-29)34(40)21-12-27-8-4-2-5-9-27/h2-14,19-21,29,31-32H,15-18,22-26H2,1H3,(H,37,41)/b21-12+. The van der Waals surface area contributed by atoms with E-state index in [0.29, 0.717) is 38.0 Å². The molecule has 0 radical (unpaired) electrons. The maximum atomic E-state index is 13.7. The molecule has 43 heavy (non-hydrogen) atoms. The summed E-state index contributed by atoms with van der Waals surface area (Å²) in [7, 11) is 1.62. The normalized spacial score (nSPS) is 19.1. The first-order chi connectivity index (χ1) is 21.0. The van der Waals surface area contributed by atoms with Crippen molar-refractivity contribution in [3.05, 3.63) is 108 Å². The summed E-state index contributed by atoms with van der Waals surface area (Å²) in [5.74, 6) is 0.737. The molecule has 1 saturated heterocycles. The van der Waals surface area contributed by atoms with Gasteiger partial charge in [0, 0.05) is 49.3 Å². The maximum absolute atomic E-state index is 13.7. The van der Waals surface area contributed by atoms with Crippen LogP contribution in [-0.4, -0.2) is 59.8 Å². The summed E-state index contributed by atoms with van der Waals surface area (Å²) >= 11 is 0. The molecule has 0 aromatic heterocycles. The highest BCUT2D eigenvalue weighted by Crippen LogP contribution is 2.28. The number of amides is 3. The van der Waals surface area contributed by atoms with Gasteiger partial charge in [0.15, 0.2) is 0 Å². The molecular weight excluding hydrogens is 538 g/mol. The van der Waals surface area contributed by atoms with Crippen molar-refractivity contribution in [2.24, 2.45) is 5.92 Å². The molecule has 1 aliphatic carbocycles. The number of nitrogens with one attached hydrogen (secondary N) is 1. The Morgan fingerprint density at radius 1 is 0.837 bits per heavy atom. The number of hydrogen-bond acceptors (Lipinski definition) is 4. The number of benzene rings is 3. The number of rotatable bonds is 9. The monoisotopic (exact) mass is 579 g/mol. The topological polar surface area (TPSA) is 79.0 Å². The second-order valence-corrected chi connectivity index (χ2v) is 11.5. The highest BCUT2D eigenvalue weighted by atomic mass is 16.5. The fourth-order valence-electron chi connectivity index (χ4n) is 6.10. The predicted octanol–water partition coefficient (Wildman–Crippen LogP) is 5.72. The number of ether oxygens (including phenoxy) is 1. The number of likely N-dealkylation sites (tertiary alicyclic amines) is 1. The van der Waals surface area contributed by atoms with Gasteiger partial charge in [0.1, 0.15) is 5.75 Å². The molecule has 2 aliphatic rings. The lowest BCUT2D eigenvalue weighted by atomic mass is 9.88. The number of carbonyl (C=O) groups is 3. The smallest absolute Gasteiger partial charge is 0.254 e. The Labute approximate surface area is 254 Å². The van der Waals surface area contributed by atoms with Crippen molar-refractivity contribution in [2.75, 3.05) is 20.2 Å². The van der Waals surface area contributed by atoms with Crippen LogP contribution in [0.15, 0.2) is 91.0 Å². The van der Waals surface area contributed by atoms with Crippen molar-refractivity contribution in [3.63, 3.8) is 0 Å². The molecule has 2 fully saturated rings. The van der Waals surface area contributed by atoms with Gasteiger partial charge in [-0.25, -0.2) is 0 Å². The minimum Gasteiger partial charge on any atom is -0.497 e. The Morgan fingerprint density at radius 2 is 1.47 bits per heavy atom. The van der Waals surface area contributed by atoms with E-state index in [-0.39, 0.29) is 35.7 Å². The van der Waals surface area contributed by atoms with E-state index in [9.17, 15) is 14.4 Å². The molecule has 7 nitrogen and oxygen atoms in total. The molecule has 3 aromatic carbocycles. The third-order valence-electron chi connectivity index (χ3n) is 8.67. The van der Waals surface area contributed by atoms with E-state index in [0.717, 1.165) is 42.6 Å². The van der Waals surface area contributed by atoms with Crippen LogP contribution < -0.4 is 10.1 Å². The number of methoxy groups -OCH3 is 1. The van der Waals surface area contributed by atoms with Crippen molar-refractivity contribution >= 4 is 23.8 Å². The molecule has 3 aromatic rings. The van der Waals surface area contributed by atoms with Crippen molar-refractivity contribution < 1.29 is 19.1 Å². The van der Waals surface area contributed by atoms with Crippen LogP contribution in [-0.2, 0) is 16.1 Å². The van der Waals surface area contributed by atoms with E-state index in [1.165, 1.54) is 0 Å². The number of hydrogen-bond donors (Lipinski definition) is 1. The Hall–Kier alpha value is -4.39. The van der Waals surface area contributed by atoms with E-state index in [2.05, 4.69) is 17.4 Å². The molecule has 5 rings (SSSR count). The van der Waals surface area contributed by atoms with Crippen molar-refractivity contribution in [2.45, 2.75) is 57.2 Å². The van der Waals surface area contributed by atoms with E-state index in [4.69, 9.17) is 4.74 Å². The zero-order valence-electron chi connectivity index (χ0n) is 24.9. The molecule has 0 spiro atoms. The second kappa shape index (κ2) is 14.7. The summed E-state index contributed by atoms with van der Waals surface area (Å²) < 4.78 is 5.27. The van der Waals surface area contributed by atoms with Crippen LogP contribution in [0.3, 0.4) is 0 Å². The molecular formula is C36H41N3O4. The largest absolute Gasteiger partial charge is 0.497 e. The molecule has 0 atom stereocenters. The molecule has 0 unspecified atom stereocenters. The average molecular weight is 580 g/mol. The molecule has 1 heterocycles. The van der Waals surface area contributed by atoms with Crippen molar-refractivity contribution in [1.29, 1.82) is 0 Å². The highest BCUT2D eigenvalue weighted by molar-refractivity contribution is 5.94. The summed E-state index contributed by atoms with van der Waals surface area (Å²) in [6, 6.07) is 27.4. The Bertz CT molecular complexity index is 1380. The van der Waals surface area contributed by atoms with E-state index < -0.39 is 0 Å². The van der Waals surface area contributed by atoms with Crippen LogP contribution in [0.1, 0.15) is 60.0 Å². The zero-order valence-corrected chi connectivity index (χ0v) is 24.9. The second-order valence-electron chi connectivity index (χ2n) is 11.5. The van der Waals surface area contributed by atoms with Gasteiger partial charge in [0.2, 0.25) is 11.8 Å². The summed E-state index contributed by atoms with van der Waals surface area (Å²) in [5.41, 5.74) is 2.74. The fraction of sp³-hybridized carbons (Fsp3) is 0.361. The van der Waals surface area contributed by atoms with Gasteiger partial charge in [-0.15, -0.1) is 0 Å². The Kier molecular flexibility index (Phi) is 10.3. The maximum Gasteiger partial charge on any atom is 0.254 e. The van der Waals surface area contributed by atoms with E-state index in [1.54, 1.807) is 13.2 Å². The summed E-state index contributed by atoms with van der Waals surface area (Å²) in [4.78, 5) is 43.3. The van der Waals surface area contributed by atoms with Crippen molar-refractivity contribution in [1.82, 2.24) is 15.1 Å². The number of carbonyl (C=O) groups excluding carboxylic acids is 3. The van der Waals surface area contributed by atoms with Gasteiger partial charge in [0.25, 0.3) is 5.91 Å². The van der Waals surface area contributed by atoms with Crippen LogP contribution in [0.4, 0.5) is 0 Å². The highest BCUT2D eigenvalue weighted by Gasteiger charge is 2.32. The van der Waals surface area contributed by atoms with Gasteiger partial charge in [-0.1, -0.05) is 60.7 Å². The Morgan fingerprint density at radius 3 is 2.09 bits per heavy atom. The molecule has 7 heteroatoms. The average Bonchev–Trinajstić information content (AvgIpc) is 3.07. The summed E-state index contributed by atoms with van der Waals surface area (Å²) in [6.07, 6.45) is 8.14. The first-order valence-electron chi connectivity index (χ1n) is 15.3. The lowest BCUT2D eigenvalue weighted by Crippen LogP contribution is -2.48. The Balaban J connectivity index is 1.12.